The van der Waals surface area contributed by atoms with Gasteiger partial charge in [0.2, 0.25) is 0 Å². The molecule has 3 nitrogen and oxygen atoms in total. The summed E-state index contributed by atoms with van der Waals surface area (Å²) >= 11 is 0. The highest BCUT2D eigenvalue weighted by Crippen LogP contribution is 2.39. The SMILES string of the molecule is CCCNC(CCCC1CCCO1)CC1(OC)CCC1. The molecule has 0 aromatic carbocycles. The zero-order chi connectivity index (χ0) is 14.3. The summed E-state index contributed by atoms with van der Waals surface area (Å²) in [6.45, 7) is 4.35. The van der Waals surface area contributed by atoms with Crippen LogP contribution in [0.2, 0.25) is 0 Å². The van der Waals surface area contributed by atoms with Crippen molar-refractivity contribution in [3.8, 4) is 0 Å². The number of hydrogen-bond acceptors (Lipinski definition) is 3. The molecule has 2 rings (SSSR count). The van der Waals surface area contributed by atoms with E-state index in [1.165, 1.54) is 64.2 Å². The normalized spacial score (nSPS) is 26.4. The minimum absolute atomic E-state index is 0.190. The number of ether oxygens (including phenoxy) is 2. The number of rotatable bonds is 10. The Balaban J connectivity index is 1.70. The maximum Gasteiger partial charge on any atom is 0.0693 e. The van der Waals surface area contributed by atoms with Crippen molar-refractivity contribution < 1.29 is 9.47 Å². The molecule has 1 heterocycles. The molecule has 1 N–H and O–H groups in total. The molecule has 0 spiro atoms. The number of methoxy groups -OCH3 is 1. The predicted octanol–water partition coefficient (Wildman–Crippen LogP) is 3.66. The summed E-state index contributed by atoms with van der Waals surface area (Å²) in [5.41, 5.74) is 0.190. The smallest absolute Gasteiger partial charge is 0.0693 e. The molecule has 3 heteroatoms. The van der Waals surface area contributed by atoms with Gasteiger partial charge in [-0.05, 0) is 70.8 Å². The molecule has 0 bridgehead atoms. The van der Waals surface area contributed by atoms with Crippen LogP contribution in [0.3, 0.4) is 0 Å². The van der Waals surface area contributed by atoms with Crippen LogP contribution in [0.1, 0.15) is 71.1 Å². The van der Waals surface area contributed by atoms with E-state index in [2.05, 4.69) is 12.2 Å². The van der Waals surface area contributed by atoms with Gasteiger partial charge in [0.05, 0.1) is 11.7 Å². The molecule has 2 fully saturated rings. The summed E-state index contributed by atoms with van der Waals surface area (Å²) in [5, 5.41) is 3.73. The second-order valence-corrected chi connectivity index (χ2v) is 6.66. The topological polar surface area (TPSA) is 30.5 Å². The zero-order valence-corrected chi connectivity index (χ0v) is 13.5. The predicted molar refractivity (Wildman–Crippen MR) is 83.1 cm³/mol. The average molecular weight is 283 g/mol. The lowest BCUT2D eigenvalue weighted by Gasteiger charge is -2.43. The Morgan fingerprint density at radius 2 is 2.20 bits per heavy atom. The van der Waals surface area contributed by atoms with Gasteiger partial charge in [-0.2, -0.15) is 0 Å². The van der Waals surface area contributed by atoms with Crippen LogP contribution in [-0.4, -0.2) is 38.0 Å². The van der Waals surface area contributed by atoms with Crippen molar-refractivity contribution in [1.82, 2.24) is 5.32 Å². The third-order valence-corrected chi connectivity index (χ3v) is 5.10. The van der Waals surface area contributed by atoms with E-state index in [1.54, 1.807) is 0 Å². The van der Waals surface area contributed by atoms with Crippen molar-refractivity contribution in [2.24, 2.45) is 0 Å². The van der Waals surface area contributed by atoms with E-state index in [9.17, 15) is 0 Å². The fraction of sp³-hybridized carbons (Fsp3) is 1.00. The van der Waals surface area contributed by atoms with Crippen LogP contribution >= 0.6 is 0 Å². The molecule has 2 atom stereocenters. The van der Waals surface area contributed by atoms with Gasteiger partial charge >= 0.3 is 0 Å². The van der Waals surface area contributed by atoms with E-state index in [4.69, 9.17) is 9.47 Å². The van der Waals surface area contributed by atoms with Crippen LogP contribution in [-0.2, 0) is 9.47 Å². The molecule has 1 saturated carbocycles. The first-order valence-corrected chi connectivity index (χ1v) is 8.68. The highest BCUT2D eigenvalue weighted by Gasteiger charge is 2.38. The summed E-state index contributed by atoms with van der Waals surface area (Å²) < 4.78 is 11.5. The summed E-state index contributed by atoms with van der Waals surface area (Å²) in [4.78, 5) is 0. The van der Waals surface area contributed by atoms with Gasteiger partial charge in [0.1, 0.15) is 0 Å². The molecule has 0 aromatic rings. The lowest BCUT2D eigenvalue weighted by molar-refractivity contribution is -0.0840. The van der Waals surface area contributed by atoms with E-state index >= 15 is 0 Å². The fourth-order valence-corrected chi connectivity index (χ4v) is 3.60. The molecule has 0 aromatic heterocycles. The Morgan fingerprint density at radius 1 is 1.35 bits per heavy atom. The molecule has 2 aliphatic rings. The first-order chi connectivity index (χ1) is 9.78. The van der Waals surface area contributed by atoms with Crippen LogP contribution in [0.15, 0.2) is 0 Å². The quantitative estimate of drug-likeness (QED) is 0.663. The van der Waals surface area contributed by atoms with Gasteiger partial charge in [-0.15, -0.1) is 0 Å². The summed E-state index contributed by atoms with van der Waals surface area (Å²) in [5.74, 6) is 0. The van der Waals surface area contributed by atoms with Gasteiger partial charge < -0.3 is 14.8 Å². The maximum atomic E-state index is 5.80. The van der Waals surface area contributed by atoms with E-state index in [0.717, 1.165) is 13.2 Å². The van der Waals surface area contributed by atoms with Gasteiger partial charge in [-0.3, -0.25) is 0 Å². The second-order valence-electron chi connectivity index (χ2n) is 6.66. The third-order valence-electron chi connectivity index (χ3n) is 5.10. The number of nitrogens with one attached hydrogen (secondary N) is 1. The molecule has 0 amide bonds. The Morgan fingerprint density at radius 3 is 2.75 bits per heavy atom. The Bertz CT molecular complexity index is 254. The van der Waals surface area contributed by atoms with Crippen LogP contribution in [0.4, 0.5) is 0 Å². The highest BCUT2D eigenvalue weighted by atomic mass is 16.5. The second kappa shape index (κ2) is 8.35. The maximum absolute atomic E-state index is 5.80. The van der Waals surface area contributed by atoms with Crippen molar-refractivity contribution in [3.63, 3.8) is 0 Å². The molecular weight excluding hydrogens is 250 g/mol. The lowest BCUT2D eigenvalue weighted by atomic mass is 9.75. The van der Waals surface area contributed by atoms with E-state index in [1.807, 2.05) is 7.11 Å². The molecule has 1 aliphatic carbocycles. The van der Waals surface area contributed by atoms with Crippen molar-refractivity contribution in [1.29, 1.82) is 0 Å². The molecule has 20 heavy (non-hydrogen) atoms. The fourth-order valence-electron chi connectivity index (χ4n) is 3.60. The Hall–Kier alpha value is -0.120. The monoisotopic (exact) mass is 283 g/mol. The molecule has 1 aliphatic heterocycles. The summed E-state index contributed by atoms with van der Waals surface area (Å²) in [6, 6.07) is 0.622. The Kier molecular flexibility index (Phi) is 6.79. The van der Waals surface area contributed by atoms with Crippen molar-refractivity contribution in [3.05, 3.63) is 0 Å². The zero-order valence-electron chi connectivity index (χ0n) is 13.5. The van der Waals surface area contributed by atoms with Gasteiger partial charge in [-0.25, -0.2) is 0 Å². The van der Waals surface area contributed by atoms with Crippen LogP contribution in [0.25, 0.3) is 0 Å². The van der Waals surface area contributed by atoms with Gasteiger partial charge in [0, 0.05) is 19.8 Å². The largest absolute Gasteiger partial charge is 0.378 e. The summed E-state index contributed by atoms with van der Waals surface area (Å²) in [7, 11) is 1.89. The van der Waals surface area contributed by atoms with Crippen molar-refractivity contribution >= 4 is 0 Å². The standard InChI is InChI=1S/C17H33NO2/c1-3-12-18-15(14-17(19-2)10-6-11-17)7-4-8-16-9-5-13-20-16/h15-16,18H,3-14H2,1-2H3. The van der Waals surface area contributed by atoms with Gasteiger partial charge in [0.25, 0.3) is 0 Å². The molecule has 1 saturated heterocycles. The van der Waals surface area contributed by atoms with Crippen molar-refractivity contribution in [2.75, 3.05) is 20.3 Å². The first-order valence-electron chi connectivity index (χ1n) is 8.68. The summed E-state index contributed by atoms with van der Waals surface area (Å²) in [6.07, 6.45) is 13.1. The average Bonchev–Trinajstić information content (AvgIpc) is 2.92. The van der Waals surface area contributed by atoms with E-state index in [-0.39, 0.29) is 5.60 Å². The molecular formula is C17H33NO2. The minimum atomic E-state index is 0.190. The third kappa shape index (κ3) is 4.71. The van der Waals surface area contributed by atoms with Crippen molar-refractivity contribution in [2.45, 2.75) is 88.9 Å². The van der Waals surface area contributed by atoms with E-state index < -0.39 is 0 Å². The minimum Gasteiger partial charge on any atom is -0.378 e. The lowest BCUT2D eigenvalue weighted by Crippen LogP contribution is -2.46. The molecule has 118 valence electrons. The Labute approximate surface area is 124 Å². The van der Waals surface area contributed by atoms with Crippen LogP contribution in [0, 0.1) is 0 Å². The van der Waals surface area contributed by atoms with Gasteiger partial charge in [0.15, 0.2) is 0 Å². The first kappa shape index (κ1) is 16.3. The van der Waals surface area contributed by atoms with E-state index in [0.29, 0.717) is 12.1 Å². The molecule has 2 unspecified atom stereocenters. The molecule has 0 radical (unpaired) electrons. The van der Waals surface area contributed by atoms with Crippen LogP contribution < -0.4 is 5.32 Å². The number of hydrogen-bond donors (Lipinski definition) is 1. The highest BCUT2D eigenvalue weighted by molar-refractivity contribution is 4.93. The van der Waals surface area contributed by atoms with Gasteiger partial charge in [-0.1, -0.05) is 6.92 Å². The van der Waals surface area contributed by atoms with Crippen LogP contribution in [0.5, 0.6) is 0 Å².